The van der Waals surface area contributed by atoms with E-state index in [-0.39, 0.29) is 11.9 Å². The standard InChI is InChI=1S/C15H16N4O/c20-15(9-18-5-1-2-6-18)19-11-3-4-14(19)12-8-16-10-17-13(12)7-11/h1-2,5-6,8,10-11,14H,3-4,7,9H2/t11-,14-/m0/s1. The molecular formula is C15H16N4O. The van der Waals surface area contributed by atoms with Gasteiger partial charge < -0.3 is 9.47 Å². The van der Waals surface area contributed by atoms with Gasteiger partial charge in [-0.25, -0.2) is 9.97 Å². The second-order valence-electron chi connectivity index (χ2n) is 5.53. The van der Waals surface area contributed by atoms with Crippen LogP contribution in [0.4, 0.5) is 0 Å². The number of nitrogens with zero attached hydrogens (tertiary/aromatic N) is 4. The highest BCUT2D eigenvalue weighted by Gasteiger charge is 2.42. The van der Waals surface area contributed by atoms with Crippen molar-refractivity contribution in [1.82, 2.24) is 19.4 Å². The van der Waals surface area contributed by atoms with E-state index in [1.165, 1.54) is 0 Å². The smallest absolute Gasteiger partial charge is 0.243 e. The highest BCUT2D eigenvalue weighted by Crippen LogP contribution is 2.42. The molecule has 2 aromatic rings. The Morgan fingerprint density at radius 2 is 2.15 bits per heavy atom. The van der Waals surface area contributed by atoms with Crippen LogP contribution in [0.5, 0.6) is 0 Å². The Morgan fingerprint density at radius 3 is 3.00 bits per heavy atom. The fourth-order valence-corrected chi connectivity index (χ4v) is 3.52. The molecule has 0 aromatic carbocycles. The first-order valence-electron chi connectivity index (χ1n) is 7.03. The van der Waals surface area contributed by atoms with Crippen LogP contribution in [0.1, 0.15) is 30.1 Å². The number of hydrogen-bond acceptors (Lipinski definition) is 3. The fourth-order valence-electron chi connectivity index (χ4n) is 3.52. The maximum atomic E-state index is 12.6. The summed E-state index contributed by atoms with van der Waals surface area (Å²) in [5.74, 6) is 0.197. The van der Waals surface area contributed by atoms with Gasteiger partial charge in [0, 0.05) is 36.6 Å². The summed E-state index contributed by atoms with van der Waals surface area (Å²) < 4.78 is 1.93. The lowest BCUT2D eigenvalue weighted by atomic mass is 9.99. The number of carbonyl (C=O) groups is 1. The van der Waals surface area contributed by atoms with Gasteiger partial charge in [-0.1, -0.05) is 0 Å². The molecular weight excluding hydrogens is 252 g/mol. The van der Waals surface area contributed by atoms with Crippen LogP contribution in [0, 0.1) is 0 Å². The van der Waals surface area contributed by atoms with Crippen LogP contribution in [0.3, 0.4) is 0 Å². The Hall–Kier alpha value is -2.17. The number of fused-ring (bicyclic) bond motifs is 4. The molecule has 2 aliphatic rings. The zero-order chi connectivity index (χ0) is 13.5. The van der Waals surface area contributed by atoms with Crippen LogP contribution in [0.15, 0.2) is 37.1 Å². The Labute approximate surface area is 117 Å². The van der Waals surface area contributed by atoms with E-state index in [2.05, 4.69) is 14.9 Å². The van der Waals surface area contributed by atoms with Crippen molar-refractivity contribution in [3.05, 3.63) is 48.3 Å². The molecule has 2 atom stereocenters. The van der Waals surface area contributed by atoms with E-state index in [4.69, 9.17) is 0 Å². The quantitative estimate of drug-likeness (QED) is 0.830. The highest BCUT2D eigenvalue weighted by atomic mass is 16.2. The molecule has 4 heterocycles. The molecule has 1 saturated heterocycles. The first kappa shape index (κ1) is 11.6. The van der Waals surface area contributed by atoms with Gasteiger partial charge in [0.15, 0.2) is 0 Å². The lowest BCUT2D eigenvalue weighted by molar-refractivity contribution is -0.135. The summed E-state index contributed by atoms with van der Waals surface area (Å²) in [6.07, 6.45) is 10.3. The van der Waals surface area contributed by atoms with Crippen molar-refractivity contribution < 1.29 is 4.79 Å². The summed E-state index contributed by atoms with van der Waals surface area (Å²) >= 11 is 0. The number of hydrogen-bond donors (Lipinski definition) is 0. The largest absolute Gasteiger partial charge is 0.345 e. The van der Waals surface area contributed by atoms with Crippen LogP contribution >= 0.6 is 0 Å². The SMILES string of the molecule is O=C(Cn1cccc1)N1[C@H]2CC[C@H]1c1cncnc1C2. The first-order valence-corrected chi connectivity index (χ1v) is 7.03. The maximum absolute atomic E-state index is 12.6. The maximum Gasteiger partial charge on any atom is 0.243 e. The molecule has 20 heavy (non-hydrogen) atoms. The van der Waals surface area contributed by atoms with Crippen molar-refractivity contribution in [2.75, 3.05) is 0 Å². The predicted octanol–water partition coefficient (Wildman–Crippen LogP) is 1.57. The molecule has 5 nitrogen and oxygen atoms in total. The summed E-state index contributed by atoms with van der Waals surface area (Å²) in [6, 6.07) is 4.38. The Kier molecular flexibility index (Phi) is 2.58. The molecule has 0 N–H and O–H groups in total. The summed E-state index contributed by atoms with van der Waals surface area (Å²) in [7, 11) is 0. The van der Waals surface area contributed by atoms with Crippen LogP contribution < -0.4 is 0 Å². The monoisotopic (exact) mass is 268 g/mol. The van der Waals surface area contributed by atoms with Crippen molar-refractivity contribution in [3.8, 4) is 0 Å². The zero-order valence-corrected chi connectivity index (χ0v) is 11.1. The molecule has 0 aliphatic carbocycles. The Morgan fingerprint density at radius 1 is 1.30 bits per heavy atom. The number of aromatic nitrogens is 3. The van der Waals surface area contributed by atoms with E-state index >= 15 is 0 Å². The minimum Gasteiger partial charge on any atom is -0.345 e. The third-order valence-corrected chi connectivity index (χ3v) is 4.39. The summed E-state index contributed by atoms with van der Waals surface area (Å²) in [6.45, 7) is 0.420. The molecule has 102 valence electrons. The van der Waals surface area contributed by atoms with Gasteiger partial charge in [0.2, 0.25) is 5.91 Å². The van der Waals surface area contributed by atoms with E-state index in [1.54, 1.807) is 6.33 Å². The molecule has 0 radical (unpaired) electrons. The minimum atomic E-state index is 0.174. The number of carbonyl (C=O) groups excluding carboxylic acids is 1. The van der Waals surface area contributed by atoms with Crippen LogP contribution in [0.2, 0.25) is 0 Å². The molecule has 2 aromatic heterocycles. The van der Waals surface area contributed by atoms with Crippen molar-refractivity contribution in [3.63, 3.8) is 0 Å². The van der Waals surface area contributed by atoms with Gasteiger partial charge in [0.05, 0.1) is 11.7 Å². The van der Waals surface area contributed by atoms with E-state index in [0.717, 1.165) is 30.5 Å². The highest BCUT2D eigenvalue weighted by molar-refractivity contribution is 5.77. The van der Waals surface area contributed by atoms with E-state index in [9.17, 15) is 4.79 Å². The minimum absolute atomic E-state index is 0.174. The second kappa shape index (κ2) is 4.44. The number of rotatable bonds is 2. The third-order valence-electron chi connectivity index (χ3n) is 4.39. The fraction of sp³-hybridized carbons (Fsp3) is 0.400. The first-order chi connectivity index (χ1) is 9.83. The summed E-state index contributed by atoms with van der Waals surface area (Å²) in [5, 5.41) is 0. The average molecular weight is 268 g/mol. The predicted molar refractivity (Wildman–Crippen MR) is 72.8 cm³/mol. The van der Waals surface area contributed by atoms with E-state index in [0.29, 0.717) is 12.6 Å². The van der Waals surface area contributed by atoms with Crippen molar-refractivity contribution in [1.29, 1.82) is 0 Å². The zero-order valence-electron chi connectivity index (χ0n) is 11.1. The summed E-state index contributed by atoms with van der Waals surface area (Å²) in [4.78, 5) is 23.2. The van der Waals surface area contributed by atoms with E-state index in [1.807, 2.05) is 35.3 Å². The molecule has 1 amide bonds. The molecule has 1 fully saturated rings. The third kappa shape index (κ3) is 1.73. The summed E-state index contributed by atoms with van der Waals surface area (Å²) in [5.41, 5.74) is 2.26. The van der Waals surface area contributed by atoms with E-state index < -0.39 is 0 Å². The molecule has 0 spiro atoms. The van der Waals surface area contributed by atoms with Gasteiger partial charge in [-0.2, -0.15) is 0 Å². The molecule has 2 bridgehead atoms. The van der Waals surface area contributed by atoms with Gasteiger partial charge in [0.1, 0.15) is 12.9 Å². The lowest BCUT2D eigenvalue weighted by Gasteiger charge is -2.35. The van der Waals surface area contributed by atoms with Crippen LogP contribution in [-0.2, 0) is 17.8 Å². The van der Waals surface area contributed by atoms with Crippen molar-refractivity contribution in [2.24, 2.45) is 0 Å². The molecule has 4 rings (SSSR count). The Balaban J connectivity index is 1.63. The van der Waals surface area contributed by atoms with Crippen LogP contribution in [-0.4, -0.2) is 31.4 Å². The van der Waals surface area contributed by atoms with Crippen LogP contribution in [0.25, 0.3) is 0 Å². The second-order valence-corrected chi connectivity index (χ2v) is 5.53. The molecule has 0 unspecified atom stereocenters. The van der Waals surface area contributed by atoms with Gasteiger partial charge >= 0.3 is 0 Å². The lowest BCUT2D eigenvalue weighted by Crippen LogP contribution is -2.43. The molecule has 5 heteroatoms. The van der Waals surface area contributed by atoms with Crippen molar-refractivity contribution in [2.45, 2.75) is 37.9 Å². The van der Waals surface area contributed by atoms with Gasteiger partial charge in [0.25, 0.3) is 0 Å². The topological polar surface area (TPSA) is 51.0 Å². The van der Waals surface area contributed by atoms with Gasteiger partial charge in [-0.05, 0) is 25.0 Å². The number of amides is 1. The van der Waals surface area contributed by atoms with Gasteiger partial charge in [-0.15, -0.1) is 0 Å². The van der Waals surface area contributed by atoms with Gasteiger partial charge in [-0.3, -0.25) is 4.79 Å². The molecule has 0 saturated carbocycles. The Bertz CT molecular complexity index is 637. The average Bonchev–Trinajstić information content (AvgIpc) is 3.06. The normalized spacial score (nSPS) is 23.7. The molecule has 2 aliphatic heterocycles. The van der Waals surface area contributed by atoms with Crippen molar-refractivity contribution >= 4 is 5.91 Å².